The van der Waals surface area contributed by atoms with E-state index in [2.05, 4.69) is 53.8 Å². The minimum Gasteiger partial charge on any atom is -0.268 e. The molecular formula is C39H30N4O3S2. The number of carbonyl (C=O) groups excluding carboxylic acids is 1. The molecule has 5 aromatic carbocycles. The fraction of sp³-hybridized carbons (Fsp3) is 0.103. The van der Waals surface area contributed by atoms with Crippen LogP contribution in [0.5, 0.6) is 0 Å². The maximum atomic E-state index is 13.8. The molecule has 2 heterocycles. The highest BCUT2D eigenvalue weighted by molar-refractivity contribution is 7.90. The smallest absolute Gasteiger partial charge is 0.268 e. The summed E-state index contributed by atoms with van der Waals surface area (Å²) in [4.78, 5) is 13.9. The van der Waals surface area contributed by atoms with Crippen molar-refractivity contribution >= 4 is 38.7 Å². The van der Waals surface area contributed by atoms with Gasteiger partial charge in [0, 0.05) is 22.4 Å². The van der Waals surface area contributed by atoms with E-state index in [9.17, 15) is 13.2 Å². The van der Waals surface area contributed by atoms with Crippen LogP contribution in [-0.4, -0.2) is 24.6 Å². The van der Waals surface area contributed by atoms with Crippen LogP contribution in [0.15, 0.2) is 153 Å². The van der Waals surface area contributed by atoms with E-state index in [-0.39, 0.29) is 27.6 Å². The van der Waals surface area contributed by atoms with Crippen LogP contribution in [0.25, 0.3) is 11.3 Å². The van der Waals surface area contributed by atoms with Gasteiger partial charge in [0.1, 0.15) is 0 Å². The molecule has 0 radical (unpaired) electrons. The molecule has 6 aromatic rings. The fourth-order valence-corrected chi connectivity index (χ4v) is 8.68. The zero-order valence-electron chi connectivity index (χ0n) is 26.0. The van der Waals surface area contributed by atoms with E-state index in [1.165, 1.54) is 21.3 Å². The summed E-state index contributed by atoms with van der Waals surface area (Å²) >= 11 is 1.11. The first-order chi connectivity index (χ1) is 23.4. The molecule has 0 amide bonds. The van der Waals surface area contributed by atoms with Crippen molar-refractivity contribution in [2.45, 2.75) is 24.3 Å². The first-order valence-electron chi connectivity index (χ1n) is 15.7. The van der Waals surface area contributed by atoms with Gasteiger partial charge in [0.25, 0.3) is 15.9 Å². The van der Waals surface area contributed by atoms with Gasteiger partial charge >= 0.3 is 0 Å². The lowest BCUT2D eigenvalue weighted by Crippen LogP contribution is -2.26. The molecule has 1 aliphatic carbocycles. The molecule has 2 aliphatic rings. The van der Waals surface area contributed by atoms with E-state index in [1.54, 1.807) is 53.9 Å². The Labute approximate surface area is 282 Å². The van der Waals surface area contributed by atoms with Crippen molar-refractivity contribution in [2.24, 2.45) is 15.4 Å². The number of fused-ring (bicyclic) bond motifs is 3. The van der Waals surface area contributed by atoms with Crippen LogP contribution >= 0.6 is 11.3 Å². The Morgan fingerprint density at radius 1 is 0.812 bits per heavy atom. The number of nitrogens with zero attached hydrogens (tertiary/aromatic N) is 4. The molecule has 1 aromatic heterocycles. The van der Waals surface area contributed by atoms with Crippen LogP contribution in [0, 0.1) is 12.8 Å². The zero-order valence-corrected chi connectivity index (χ0v) is 27.6. The third kappa shape index (κ3) is 5.31. The number of carbonyl (C=O) groups is 1. The minimum absolute atomic E-state index is 0.0314. The van der Waals surface area contributed by atoms with E-state index in [4.69, 9.17) is 5.10 Å². The first kappa shape index (κ1) is 30.0. The van der Waals surface area contributed by atoms with Crippen molar-refractivity contribution in [3.05, 3.63) is 171 Å². The lowest BCUT2D eigenvalue weighted by atomic mass is 9.89. The van der Waals surface area contributed by atoms with Gasteiger partial charge in [-0.15, -0.1) is 15.7 Å². The van der Waals surface area contributed by atoms with E-state index in [0.29, 0.717) is 11.3 Å². The van der Waals surface area contributed by atoms with Gasteiger partial charge in [-0.1, -0.05) is 103 Å². The van der Waals surface area contributed by atoms with E-state index < -0.39 is 10.0 Å². The third-order valence-corrected chi connectivity index (χ3v) is 11.2. The highest BCUT2D eigenvalue weighted by Crippen LogP contribution is 2.46. The van der Waals surface area contributed by atoms with Crippen LogP contribution < -0.4 is 9.81 Å². The number of aromatic nitrogens is 1. The molecule has 2 unspecified atom stereocenters. The predicted molar refractivity (Wildman–Crippen MR) is 190 cm³/mol. The standard InChI is InChI=1S/C39H30N4O3S2/c1-26-16-18-28(19-17-26)37-34-24-30-14-8-9-15-33(30)36(34)40-43(37)31-20-22-32(23-21-31)48(45,46)41-39-42(38(44)29-12-6-3-7-13-29)35(25-47-39)27-10-4-2-5-11-27/h2-23,25,34,37H,24H2,1H3/b41-39-. The topological polar surface area (TPSA) is 84.1 Å². The lowest BCUT2D eigenvalue weighted by Gasteiger charge is -2.28. The van der Waals surface area contributed by atoms with E-state index >= 15 is 0 Å². The monoisotopic (exact) mass is 666 g/mol. The van der Waals surface area contributed by atoms with Crippen molar-refractivity contribution in [1.82, 2.24) is 4.57 Å². The minimum atomic E-state index is -4.18. The summed E-state index contributed by atoms with van der Waals surface area (Å²) in [6.45, 7) is 2.07. The van der Waals surface area contributed by atoms with E-state index in [0.717, 1.165) is 40.3 Å². The summed E-state index contributed by atoms with van der Waals surface area (Å²) in [5.74, 6) is -0.179. The molecule has 236 valence electrons. The third-order valence-electron chi connectivity index (χ3n) is 8.96. The highest BCUT2D eigenvalue weighted by atomic mass is 32.2. The second-order valence-electron chi connectivity index (χ2n) is 12.0. The SMILES string of the molecule is Cc1ccc(C2C3Cc4ccccc4C3=NN2c2ccc(S(=O)(=O)/N=c3\scc(-c4ccccc4)n3C(=O)c3ccccc3)cc2)cc1. The summed E-state index contributed by atoms with van der Waals surface area (Å²) in [6.07, 6.45) is 0.892. The molecule has 1 aliphatic heterocycles. The van der Waals surface area contributed by atoms with E-state index in [1.807, 2.05) is 47.5 Å². The molecule has 2 atom stereocenters. The second-order valence-corrected chi connectivity index (χ2v) is 14.4. The zero-order chi connectivity index (χ0) is 32.8. The van der Waals surface area contributed by atoms with Crippen molar-refractivity contribution in [1.29, 1.82) is 0 Å². The molecular weight excluding hydrogens is 637 g/mol. The summed E-state index contributed by atoms with van der Waals surface area (Å²) in [5, 5.41) is 8.91. The van der Waals surface area contributed by atoms with Crippen LogP contribution in [0.1, 0.15) is 38.7 Å². The molecule has 0 N–H and O–H groups in total. The van der Waals surface area contributed by atoms with Gasteiger partial charge < -0.3 is 0 Å². The van der Waals surface area contributed by atoms with Gasteiger partial charge in [0.15, 0.2) is 0 Å². The Morgan fingerprint density at radius 3 is 2.21 bits per heavy atom. The first-order valence-corrected chi connectivity index (χ1v) is 18.0. The predicted octanol–water partition coefficient (Wildman–Crippen LogP) is 7.64. The molecule has 8 rings (SSSR count). The summed E-state index contributed by atoms with van der Waals surface area (Å²) in [6, 6.07) is 41.8. The number of benzene rings is 5. The average molecular weight is 667 g/mol. The number of hydrazone groups is 1. The largest absolute Gasteiger partial charge is 0.285 e. The summed E-state index contributed by atoms with van der Waals surface area (Å²) in [5.41, 5.74) is 8.44. The van der Waals surface area contributed by atoms with Crippen molar-refractivity contribution in [2.75, 3.05) is 5.01 Å². The second kappa shape index (κ2) is 12.0. The molecule has 48 heavy (non-hydrogen) atoms. The lowest BCUT2D eigenvalue weighted by molar-refractivity contribution is 0.0959. The number of aryl methyl sites for hydroxylation is 1. The van der Waals surface area contributed by atoms with Gasteiger partial charge in [0.2, 0.25) is 4.80 Å². The summed E-state index contributed by atoms with van der Waals surface area (Å²) < 4.78 is 33.2. The van der Waals surface area contributed by atoms with Gasteiger partial charge in [-0.2, -0.15) is 13.5 Å². The Hall–Kier alpha value is -5.38. The number of thiazole rings is 1. The van der Waals surface area contributed by atoms with Crippen molar-refractivity contribution in [3.8, 4) is 11.3 Å². The molecule has 7 nitrogen and oxygen atoms in total. The van der Waals surface area contributed by atoms with Crippen LogP contribution in [0.2, 0.25) is 0 Å². The number of anilines is 1. The molecule has 0 spiro atoms. The molecule has 0 saturated heterocycles. The number of rotatable bonds is 6. The van der Waals surface area contributed by atoms with Gasteiger partial charge in [-0.05, 0) is 66.4 Å². The van der Waals surface area contributed by atoms with Gasteiger partial charge in [-0.25, -0.2) is 4.57 Å². The number of hydrogen-bond donors (Lipinski definition) is 0. The molecule has 9 heteroatoms. The van der Waals surface area contributed by atoms with Gasteiger partial charge in [0.05, 0.1) is 28.0 Å². The van der Waals surface area contributed by atoms with Crippen LogP contribution in [0.3, 0.4) is 0 Å². The van der Waals surface area contributed by atoms with Gasteiger partial charge in [-0.3, -0.25) is 9.80 Å². The Kier molecular flexibility index (Phi) is 7.50. The van der Waals surface area contributed by atoms with Crippen molar-refractivity contribution in [3.63, 3.8) is 0 Å². The summed E-state index contributed by atoms with van der Waals surface area (Å²) in [7, 11) is -4.18. The molecule has 0 bridgehead atoms. The maximum absolute atomic E-state index is 13.8. The Balaban J connectivity index is 1.17. The fourth-order valence-electron chi connectivity index (χ4n) is 6.59. The average Bonchev–Trinajstić information content (AvgIpc) is 3.81. The van der Waals surface area contributed by atoms with Crippen molar-refractivity contribution < 1.29 is 13.2 Å². The number of sulfonamides is 1. The maximum Gasteiger partial charge on any atom is 0.285 e. The van der Waals surface area contributed by atoms with Crippen LogP contribution in [-0.2, 0) is 16.4 Å². The molecule has 0 saturated carbocycles. The number of hydrogen-bond acceptors (Lipinski definition) is 6. The highest BCUT2D eigenvalue weighted by Gasteiger charge is 2.44. The quantitative estimate of drug-likeness (QED) is 0.183. The molecule has 0 fully saturated rings. The Morgan fingerprint density at radius 2 is 1.48 bits per heavy atom. The van der Waals surface area contributed by atoms with Crippen LogP contribution in [0.4, 0.5) is 5.69 Å². The normalized spacial score (nSPS) is 17.2. The Bertz CT molecular complexity index is 2360.